The van der Waals surface area contributed by atoms with Crippen LogP contribution in [0.4, 0.5) is 0 Å². The number of unbranched alkanes of at least 4 members (excludes halogenated alkanes) is 4. The van der Waals surface area contributed by atoms with Gasteiger partial charge in [-0.3, -0.25) is 11.3 Å². The Labute approximate surface area is 102 Å². The van der Waals surface area contributed by atoms with E-state index >= 15 is 0 Å². The Morgan fingerprint density at radius 1 is 1.12 bits per heavy atom. The van der Waals surface area contributed by atoms with Crippen LogP contribution in [0.15, 0.2) is 0 Å². The molecule has 1 atom stereocenters. The third-order valence-corrected chi connectivity index (χ3v) is 3.80. The molecule has 16 heavy (non-hydrogen) atoms. The topological polar surface area (TPSA) is 41.3 Å². The van der Waals surface area contributed by atoms with Gasteiger partial charge in [0.1, 0.15) is 0 Å². The maximum atomic E-state index is 5.66. The van der Waals surface area contributed by atoms with Crippen LogP contribution in [0.3, 0.4) is 0 Å². The molecule has 0 aliphatic heterocycles. The van der Waals surface area contributed by atoms with Gasteiger partial charge < -0.3 is 4.90 Å². The monoisotopic (exact) mass is 229 g/mol. The lowest BCUT2D eigenvalue weighted by Crippen LogP contribution is -2.57. The second kappa shape index (κ2) is 8.04. The first-order chi connectivity index (χ1) is 7.46. The maximum absolute atomic E-state index is 5.66. The smallest absolute Gasteiger partial charge is 0.0389 e. The fraction of sp³-hybridized carbons (Fsp3) is 1.00. The summed E-state index contributed by atoms with van der Waals surface area (Å²) < 4.78 is 0. The number of nitrogens with one attached hydrogen (secondary N) is 1. The molecule has 0 saturated carbocycles. The molecule has 0 aliphatic carbocycles. The second-order valence-electron chi connectivity index (χ2n) is 5.47. The molecule has 98 valence electrons. The molecule has 1 unspecified atom stereocenters. The van der Waals surface area contributed by atoms with Gasteiger partial charge in [0.15, 0.2) is 0 Å². The molecule has 0 rings (SSSR count). The van der Waals surface area contributed by atoms with Crippen molar-refractivity contribution in [3.05, 3.63) is 0 Å². The zero-order valence-corrected chi connectivity index (χ0v) is 11.8. The summed E-state index contributed by atoms with van der Waals surface area (Å²) in [5, 5.41) is 0. The van der Waals surface area contributed by atoms with Gasteiger partial charge >= 0.3 is 0 Å². The standard InChI is InChI=1S/C13H31N3/c1-6-7-8-9-10-11-12(15-14)13(2,3)16(4)5/h12,15H,6-11,14H2,1-5H3. The summed E-state index contributed by atoms with van der Waals surface area (Å²) in [6.45, 7) is 6.73. The van der Waals surface area contributed by atoms with E-state index in [0.717, 1.165) is 6.42 Å². The van der Waals surface area contributed by atoms with Crippen molar-refractivity contribution in [3.8, 4) is 0 Å². The molecule has 0 saturated heterocycles. The fourth-order valence-corrected chi connectivity index (χ4v) is 1.90. The van der Waals surface area contributed by atoms with E-state index in [-0.39, 0.29) is 5.54 Å². The Bertz CT molecular complexity index is 167. The zero-order chi connectivity index (χ0) is 12.6. The third kappa shape index (κ3) is 5.28. The van der Waals surface area contributed by atoms with Gasteiger partial charge in [-0.2, -0.15) is 0 Å². The van der Waals surface area contributed by atoms with Gasteiger partial charge in [-0.25, -0.2) is 0 Å². The summed E-state index contributed by atoms with van der Waals surface area (Å²) in [7, 11) is 4.23. The lowest BCUT2D eigenvalue weighted by atomic mass is 9.89. The van der Waals surface area contributed by atoms with Crippen molar-refractivity contribution >= 4 is 0 Å². The van der Waals surface area contributed by atoms with E-state index in [9.17, 15) is 0 Å². The lowest BCUT2D eigenvalue weighted by molar-refractivity contribution is 0.130. The van der Waals surface area contributed by atoms with Gasteiger partial charge in [-0.15, -0.1) is 0 Å². The first-order valence-electron chi connectivity index (χ1n) is 6.60. The fourth-order valence-electron chi connectivity index (χ4n) is 1.90. The van der Waals surface area contributed by atoms with Crippen molar-refractivity contribution in [2.24, 2.45) is 5.84 Å². The van der Waals surface area contributed by atoms with Gasteiger partial charge in [-0.05, 0) is 34.4 Å². The van der Waals surface area contributed by atoms with Gasteiger partial charge in [0.25, 0.3) is 0 Å². The van der Waals surface area contributed by atoms with E-state index in [4.69, 9.17) is 5.84 Å². The molecular formula is C13H31N3. The van der Waals surface area contributed by atoms with Crippen molar-refractivity contribution in [1.82, 2.24) is 10.3 Å². The highest BCUT2D eigenvalue weighted by Crippen LogP contribution is 2.20. The van der Waals surface area contributed by atoms with Crippen LogP contribution in [0.2, 0.25) is 0 Å². The Kier molecular flexibility index (Phi) is 7.98. The van der Waals surface area contributed by atoms with E-state index < -0.39 is 0 Å². The van der Waals surface area contributed by atoms with Crippen molar-refractivity contribution in [3.63, 3.8) is 0 Å². The van der Waals surface area contributed by atoms with Crippen molar-refractivity contribution < 1.29 is 0 Å². The van der Waals surface area contributed by atoms with E-state index in [2.05, 4.69) is 45.2 Å². The number of hydrazine groups is 1. The van der Waals surface area contributed by atoms with Gasteiger partial charge in [0, 0.05) is 11.6 Å². The molecule has 0 aromatic heterocycles. The number of likely N-dealkylation sites (N-methyl/N-ethyl adjacent to an activating group) is 1. The van der Waals surface area contributed by atoms with E-state index in [1.165, 1.54) is 32.1 Å². The van der Waals surface area contributed by atoms with Crippen LogP contribution in [-0.2, 0) is 0 Å². The summed E-state index contributed by atoms with van der Waals surface area (Å²) in [6.07, 6.45) is 7.78. The predicted molar refractivity (Wildman–Crippen MR) is 72.3 cm³/mol. The molecule has 0 heterocycles. The number of hydrogen-bond donors (Lipinski definition) is 2. The average Bonchev–Trinajstić information content (AvgIpc) is 2.22. The van der Waals surface area contributed by atoms with Gasteiger partial charge in [-0.1, -0.05) is 39.0 Å². The van der Waals surface area contributed by atoms with E-state index in [0.29, 0.717) is 6.04 Å². The largest absolute Gasteiger partial charge is 0.303 e. The Hall–Kier alpha value is -0.120. The molecular weight excluding hydrogens is 198 g/mol. The first kappa shape index (κ1) is 15.9. The molecule has 0 aromatic carbocycles. The van der Waals surface area contributed by atoms with Crippen LogP contribution in [0, 0.1) is 0 Å². The van der Waals surface area contributed by atoms with Crippen LogP contribution in [0.5, 0.6) is 0 Å². The zero-order valence-electron chi connectivity index (χ0n) is 11.8. The van der Waals surface area contributed by atoms with Crippen molar-refractivity contribution in [2.45, 2.75) is 70.9 Å². The Morgan fingerprint density at radius 3 is 2.12 bits per heavy atom. The van der Waals surface area contributed by atoms with Gasteiger partial charge in [0.05, 0.1) is 0 Å². The molecule has 0 bridgehead atoms. The normalized spacial score (nSPS) is 14.4. The van der Waals surface area contributed by atoms with Crippen LogP contribution >= 0.6 is 0 Å². The predicted octanol–water partition coefficient (Wildman–Crippen LogP) is 2.52. The molecule has 0 radical (unpaired) electrons. The maximum Gasteiger partial charge on any atom is 0.0389 e. The number of nitrogens with two attached hydrogens (primary N) is 1. The molecule has 0 aromatic rings. The number of rotatable bonds is 9. The molecule has 0 fully saturated rings. The summed E-state index contributed by atoms with van der Waals surface area (Å²) in [6, 6.07) is 0.365. The first-order valence-corrected chi connectivity index (χ1v) is 6.60. The Morgan fingerprint density at radius 2 is 1.69 bits per heavy atom. The number of hydrogen-bond acceptors (Lipinski definition) is 3. The van der Waals surface area contributed by atoms with Crippen LogP contribution < -0.4 is 11.3 Å². The van der Waals surface area contributed by atoms with Crippen LogP contribution in [-0.4, -0.2) is 30.6 Å². The molecule has 3 N–H and O–H groups in total. The molecule has 0 aliphatic rings. The Balaban J connectivity index is 3.91. The lowest BCUT2D eigenvalue weighted by Gasteiger charge is -2.40. The van der Waals surface area contributed by atoms with Gasteiger partial charge in [0.2, 0.25) is 0 Å². The van der Waals surface area contributed by atoms with Crippen LogP contribution in [0.25, 0.3) is 0 Å². The third-order valence-electron chi connectivity index (χ3n) is 3.80. The highest BCUT2D eigenvalue weighted by atomic mass is 15.3. The SMILES string of the molecule is CCCCCCCC(NN)C(C)(C)N(C)C. The molecule has 0 spiro atoms. The molecule has 3 heteroatoms. The number of nitrogens with zero attached hydrogens (tertiary/aromatic N) is 1. The highest BCUT2D eigenvalue weighted by molar-refractivity contribution is 4.89. The van der Waals surface area contributed by atoms with Crippen molar-refractivity contribution in [2.75, 3.05) is 14.1 Å². The minimum absolute atomic E-state index is 0.111. The summed E-state index contributed by atoms with van der Waals surface area (Å²) >= 11 is 0. The summed E-state index contributed by atoms with van der Waals surface area (Å²) in [4.78, 5) is 2.24. The molecule has 0 amide bonds. The minimum atomic E-state index is 0.111. The van der Waals surface area contributed by atoms with Crippen LogP contribution in [0.1, 0.15) is 59.3 Å². The van der Waals surface area contributed by atoms with E-state index in [1.54, 1.807) is 0 Å². The second-order valence-corrected chi connectivity index (χ2v) is 5.47. The minimum Gasteiger partial charge on any atom is -0.303 e. The highest BCUT2D eigenvalue weighted by Gasteiger charge is 2.30. The molecule has 3 nitrogen and oxygen atoms in total. The summed E-state index contributed by atoms with van der Waals surface area (Å²) in [5.41, 5.74) is 3.08. The quantitative estimate of drug-likeness (QED) is 0.363. The van der Waals surface area contributed by atoms with E-state index in [1.807, 2.05) is 0 Å². The summed E-state index contributed by atoms with van der Waals surface area (Å²) in [5.74, 6) is 5.66. The van der Waals surface area contributed by atoms with Crippen molar-refractivity contribution in [1.29, 1.82) is 0 Å². The average molecular weight is 229 g/mol.